The maximum atomic E-state index is 12.8. The smallest absolute Gasteiger partial charge is 0.272 e. The Kier molecular flexibility index (Phi) is 3.99. The topological polar surface area (TPSA) is 85.7 Å². The molecule has 0 radical (unpaired) electrons. The van der Waals surface area contributed by atoms with Gasteiger partial charge in [0.15, 0.2) is 17.2 Å². The molecule has 146 valence electrons. The van der Waals surface area contributed by atoms with Crippen LogP contribution in [0.1, 0.15) is 40.2 Å². The van der Waals surface area contributed by atoms with Crippen molar-refractivity contribution in [3.63, 3.8) is 0 Å². The lowest BCUT2D eigenvalue weighted by Crippen LogP contribution is -2.38. The first-order chi connectivity index (χ1) is 13.6. The first kappa shape index (κ1) is 17.1. The number of hydrogen-bond acceptors (Lipinski definition) is 5. The largest absolute Gasteiger partial charge is 0.454 e. The minimum atomic E-state index is -0.227. The molecule has 2 aliphatic heterocycles. The summed E-state index contributed by atoms with van der Waals surface area (Å²) in [6.45, 7) is 1.75. The molecular weight excluding hydrogens is 360 g/mol. The number of nitrogens with one attached hydrogen (secondary N) is 1. The highest BCUT2D eigenvalue weighted by atomic mass is 16.7. The average Bonchev–Trinajstić information content (AvgIpc) is 3.37. The lowest BCUT2D eigenvalue weighted by atomic mass is 10.0. The summed E-state index contributed by atoms with van der Waals surface area (Å²) < 4.78 is 12.5. The Bertz CT molecular complexity index is 963. The van der Waals surface area contributed by atoms with Crippen LogP contribution in [0.2, 0.25) is 0 Å². The molecule has 0 unspecified atom stereocenters. The molecule has 1 aliphatic carbocycles. The van der Waals surface area contributed by atoms with Crippen molar-refractivity contribution in [3.8, 4) is 11.5 Å². The van der Waals surface area contributed by atoms with E-state index in [-0.39, 0.29) is 24.5 Å². The minimum Gasteiger partial charge on any atom is -0.454 e. The van der Waals surface area contributed by atoms with Crippen LogP contribution in [0.3, 0.4) is 0 Å². The van der Waals surface area contributed by atoms with Crippen LogP contribution in [0.25, 0.3) is 0 Å². The summed E-state index contributed by atoms with van der Waals surface area (Å²) in [6.07, 6.45) is 2.70. The van der Waals surface area contributed by atoms with Crippen molar-refractivity contribution in [2.24, 2.45) is 13.0 Å². The van der Waals surface area contributed by atoms with E-state index in [9.17, 15) is 9.59 Å². The zero-order valence-electron chi connectivity index (χ0n) is 15.7. The van der Waals surface area contributed by atoms with E-state index in [1.807, 2.05) is 30.1 Å². The van der Waals surface area contributed by atoms with Gasteiger partial charge >= 0.3 is 0 Å². The number of rotatable bonds is 4. The van der Waals surface area contributed by atoms with Gasteiger partial charge < -0.3 is 19.7 Å². The molecule has 0 spiro atoms. The van der Waals surface area contributed by atoms with Gasteiger partial charge in [0.2, 0.25) is 12.7 Å². The van der Waals surface area contributed by atoms with Gasteiger partial charge in [0.25, 0.3) is 5.91 Å². The molecule has 0 bridgehead atoms. The molecule has 8 nitrogen and oxygen atoms in total. The van der Waals surface area contributed by atoms with Crippen molar-refractivity contribution in [2.75, 3.05) is 13.3 Å². The summed E-state index contributed by atoms with van der Waals surface area (Å²) in [6, 6.07) is 5.61. The van der Waals surface area contributed by atoms with Gasteiger partial charge in [-0.2, -0.15) is 5.10 Å². The van der Waals surface area contributed by atoms with Gasteiger partial charge in [-0.05, 0) is 30.5 Å². The SMILES string of the molecule is Cn1nc(C(=O)NCc2ccc3c(c2)OCO3)c2c1CCN(C(=O)C1CC1)C2. The Labute approximate surface area is 162 Å². The van der Waals surface area contributed by atoms with Crippen molar-refractivity contribution in [1.29, 1.82) is 0 Å². The molecule has 0 saturated heterocycles. The van der Waals surface area contributed by atoms with Gasteiger partial charge in [0.05, 0.1) is 0 Å². The molecule has 3 heterocycles. The average molecular weight is 382 g/mol. The quantitative estimate of drug-likeness (QED) is 0.863. The van der Waals surface area contributed by atoms with Crippen molar-refractivity contribution >= 4 is 11.8 Å². The highest BCUT2D eigenvalue weighted by molar-refractivity contribution is 5.94. The van der Waals surface area contributed by atoms with E-state index >= 15 is 0 Å². The van der Waals surface area contributed by atoms with Gasteiger partial charge in [-0.25, -0.2) is 0 Å². The molecule has 1 saturated carbocycles. The zero-order valence-corrected chi connectivity index (χ0v) is 15.7. The Morgan fingerprint density at radius 3 is 2.89 bits per heavy atom. The summed E-state index contributed by atoms with van der Waals surface area (Å²) >= 11 is 0. The maximum Gasteiger partial charge on any atom is 0.272 e. The third-order valence-electron chi connectivity index (χ3n) is 5.59. The predicted octanol–water partition coefficient (Wildman–Crippen LogP) is 1.37. The fourth-order valence-electron chi connectivity index (χ4n) is 3.87. The maximum absolute atomic E-state index is 12.8. The fraction of sp³-hybridized carbons (Fsp3) is 0.450. The highest BCUT2D eigenvalue weighted by Crippen LogP contribution is 2.34. The van der Waals surface area contributed by atoms with Crippen molar-refractivity contribution in [2.45, 2.75) is 32.4 Å². The minimum absolute atomic E-state index is 0.182. The summed E-state index contributed by atoms with van der Waals surface area (Å²) in [7, 11) is 1.85. The number of aromatic nitrogens is 2. The number of hydrogen-bond donors (Lipinski definition) is 1. The summed E-state index contributed by atoms with van der Waals surface area (Å²) in [5, 5.41) is 7.37. The second-order valence-corrected chi connectivity index (χ2v) is 7.55. The van der Waals surface area contributed by atoms with E-state index in [1.54, 1.807) is 4.68 Å². The van der Waals surface area contributed by atoms with E-state index in [0.717, 1.165) is 36.1 Å². The van der Waals surface area contributed by atoms with Crippen LogP contribution in [0, 0.1) is 5.92 Å². The van der Waals surface area contributed by atoms with E-state index in [4.69, 9.17) is 9.47 Å². The zero-order chi connectivity index (χ0) is 19.3. The first-order valence-electron chi connectivity index (χ1n) is 9.60. The normalized spacial score (nSPS) is 17.4. The fourth-order valence-corrected chi connectivity index (χ4v) is 3.87. The molecule has 8 heteroatoms. The monoisotopic (exact) mass is 382 g/mol. The van der Waals surface area contributed by atoms with Crippen LogP contribution in [-0.2, 0) is 31.4 Å². The van der Waals surface area contributed by atoms with Crippen LogP contribution >= 0.6 is 0 Å². The summed E-state index contributed by atoms with van der Waals surface area (Å²) in [5.41, 5.74) is 3.23. The Hall–Kier alpha value is -3.03. The highest BCUT2D eigenvalue weighted by Gasteiger charge is 2.36. The number of ether oxygens (including phenoxy) is 2. The number of carbonyl (C=O) groups excluding carboxylic acids is 2. The molecule has 28 heavy (non-hydrogen) atoms. The molecule has 1 aromatic heterocycles. The Morgan fingerprint density at radius 2 is 2.07 bits per heavy atom. The Balaban J connectivity index is 1.31. The third-order valence-corrected chi connectivity index (χ3v) is 5.59. The molecule has 5 rings (SSSR count). The second kappa shape index (κ2) is 6.54. The van der Waals surface area contributed by atoms with Gasteiger partial charge in [-0.1, -0.05) is 6.07 Å². The Morgan fingerprint density at radius 1 is 1.25 bits per heavy atom. The van der Waals surface area contributed by atoms with Crippen LogP contribution < -0.4 is 14.8 Å². The number of benzene rings is 1. The van der Waals surface area contributed by atoms with E-state index in [1.165, 1.54) is 0 Å². The van der Waals surface area contributed by atoms with Gasteiger partial charge in [-0.15, -0.1) is 0 Å². The number of nitrogens with zero attached hydrogens (tertiary/aromatic N) is 3. The van der Waals surface area contributed by atoms with Gasteiger partial charge in [0, 0.05) is 50.3 Å². The molecule has 1 N–H and O–H groups in total. The number of fused-ring (bicyclic) bond motifs is 2. The molecule has 1 fully saturated rings. The first-order valence-corrected chi connectivity index (χ1v) is 9.60. The third kappa shape index (κ3) is 2.98. The molecule has 1 aromatic carbocycles. The van der Waals surface area contributed by atoms with Crippen LogP contribution in [0.15, 0.2) is 18.2 Å². The summed E-state index contributed by atoms with van der Waals surface area (Å²) in [4.78, 5) is 27.1. The molecular formula is C20H22N4O4. The van der Waals surface area contributed by atoms with Crippen molar-refractivity contribution in [1.82, 2.24) is 20.0 Å². The van der Waals surface area contributed by atoms with E-state index in [0.29, 0.717) is 36.8 Å². The molecule has 2 aromatic rings. The lowest BCUT2D eigenvalue weighted by Gasteiger charge is -2.27. The van der Waals surface area contributed by atoms with Crippen molar-refractivity contribution < 1.29 is 19.1 Å². The standard InChI is InChI=1S/C20H22N4O4/c1-23-15-6-7-24(20(26)13-3-4-13)10-14(15)18(22-23)19(25)21-9-12-2-5-16-17(8-12)28-11-27-16/h2,5,8,13H,3-4,6-7,9-11H2,1H3,(H,21,25). The number of amides is 2. The van der Waals surface area contributed by atoms with Gasteiger partial charge in [0.1, 0.15) is 0 Å². The number of carbonyl (C=O) groups is 2. The molecule has 2 amide bonds. The molecule has 0 atom stereocenters. The predicted molar refractivity (Wildman–Crippen MR) is 98.8 cm³/mol. The van der Waals surface area contributed by atoms with E-state index in [2.05, 4.69) is 10.4 Å². The summed E-state index contributed by atoms with van der Waals surface area (Å²) in [5.74, 6) is 1.57. The van der Waals surface area contributed by atoms with Gasteiger partial charge in [-0.3, -0.25) is 14.3 Å². The van der Waals surface area contributed by atoms with Crippen molar-refractivity contribution in [3.05, 3.63) is 40.7 Å². The number of aryl methyl sites for hydroxylation is 1. The second-order valence-electron chi connectivity index (χ2n) is 7.55. The lowest BCUT2D eigenvalue weighted by molar-refractivity contribution is -0.133. The molecule has 3 aliphatic rings. The van der Waals surface area contributed by atoms with Crippen LogP contribution in [0.4, 0.5) is 0 Å². The van der Waals surface area contributed by atoms with Crippen LogP contribution in [0.5, 0.6) is 11.5 Å². The van der Waals surface area contributed by atoms with E-state index < -0.39 is 0 Å². The van der Waals surface area contributed by atoms with Crippen LogP contribution in [-0.4, -0.2) is 39.8 Å².